The van der Waals surface area contributed by atoms with Crippen molar-refractivity contribution in [3.05, 3.63) is 64.6 Å². The lowest BCUT2D eigenvalue weighted by Gasteiger charge is -2.29. The van der Waals surface area contributed by atoms with Crippen LogP contribution in [0.4, 0.5) is 5.69 Å². The molecule has 172 valence electrons. The third kappa shape index (κ3) is 4.62. The van der Waals surface area contributed by atoms with Gasteiger partial charge < -0.3 is 15.0 Å². The highest BCUT2D eigenvalue weighted by Gasteiger charge is 2.39. The van der Waals surface area contributed by atoms with Crippen molar-refractivity contribution in [3.63, 3.8) is 0 Å². The number of rotatable bonds is 6. The summed E-state index contributed by atoms with van der Waals surface area (Å²) in [5, 5.41) is 5.47. The van der Waals surface area contributed by atoms with E-state index in [1.54, 1.807) is 0 Å². The Labute approximate surface area is 197 Å². The van der Waals surface area contributed by atoms with Gasteiger partial charge in [-0.25, -0.2) is 0 Å². The summed E-state index contributed by atoms with van der Waals surface area (Å²) in [5.74, 6) is -1.43. The molecule has 0 spiro atoms. The van der Waals surface area contributed by atoms with E-state index in [9.17, 15) is 14.4 Å². The molecule has 0 aliphatic carbocycles. The van der Waals surface area contributed by atoms with Gasteiger partial charge in [-0.05, 0) is 29.6 Å². The van der Waals surface area contributed by atoms with E-state index in [1.807, 2.05) is 12.1 Å². The fourth-order valence-corrected chi connectivity index (χ4v) is 4.51. The second kappa shape index (κ2) is 9.33. The average molecular weight is 452 g/mol. The summed E-state index contributed by atoms with van der Waals surface area (Å²) in [6, 6.07) is 6.52. The molecule has 8 heteroatoms. The van der Waals surface area contributed by atoms with Crippen molar-refractivity contribution in [3.8, 4) is 0 Å². The number of nitrogens with one attached hydrogen (secondary N) is 2. The van der Waals surface area contributed by atoms with Gasteiger partial charge in [0.15, 0.2) is 0 Å². The van der Waals surface area contributed by atoms with Crippen LogP contribution < -0.4 is 10.6 Å². The molecule has 0 saturated carbocycles. The molecule has 8 nitrogen and oxygen atoms in total. The van der Waals surface area contributed by atoms with Crippen LogP contribution in [0.5, 0.6) is 0 Å². The number of amides is 3. The molecule has 3 aliphatic rings. The number of imide groups is 1. The zero-order chi connectivity index (χ0) is 25.4. The number of fused-ring (bicyclic) bond motifs is 1. The van der Waals surface area contributed by atoms with E-state index >= 15 is 0 Å². The molecule has 3 heterocycles. The van der Waals surface area contributed by atoms with Crippen LogP contribution in [0.25, 0.3) is 0 Å². The van der Waals surface area contributed by atoms with E-state index < -0.39 is 17.9 Å². The van der Waals surface area contributed by atoms with Crippen LogP contribution in [0.2, 0.25) is 0 Å². The number of carbonyl (C=O) groups excluding carboxylic acids is 3. The van der Waals surface area contributed by atoms with Gasteiger partial charge in [0.05, 0.1) is 17.3 Å². The van der Waals surface area contributed by atoms with E-state index in [1.165, 1.54) is 10.5 Å². The molecule has 3 amide bonds. The summed E-state index contributed by atoms with van der Waals surface area (Å²) < 4.78 is 30.4. The van der Waals surface area contributed by atoms with Crippen LogP contribution >= 0.6 is 0 Å². The fraction of sp³-hybridized carbons (Fsp3) is 0.400. The number of nitrogens with zero attached hydrogens (tertiary/aromatic N) is 2. The molecule has 2 aromatic rings. The minimum absolute atomic E-state index is 0.0410. The van der Waals surface area contributed by atoms with E-state index in [-0.39, 0.29) is 49.0 Å². The Morgan fingerprint density at radius 1 is 1.09 bits per heavy atom. The second-order valence-corrected chi connectivity index (χ2v) is 8.56. The third-order valence-corrected chi connectivity index (χ3v) is 6.37. The first kappa shape index (κ1) is 18.2. The summed E-state index contributed by atoms with van der Waals surface area (Å²) in [6.45, 7) is 4.60. The number of ether oxygens (including phenoxy) is 1. The minimum Gasteiger partial charge on any atom is -0.381 e. The van der Waals surface area contributed by atoms with Crippen LogP contribution in [0.15, 0.2) is 42.4 Å². The number of piperidine rings is 1. The number of morpholine rings is 1. The van der Waals surface area contributed by atoms with Gasteiger partial charge >= 0.3 is 0 Å². The molecule has 0 bridgehead atoms. The lowest BCUT2D eigenvalue weighted by molar-refractivity contribution is -0.136. The summed E-state index contributed by atoms with van der Waals surface area (Å²) in [6.07, 6.45) is 0.336. The number of hydrogen-bond donors (Lipinski definition) is 2. The molecule has 3 aliphatic heterocycles. The fourth-order valence-electron chi connectivity index (χ4n) is 4.51. The lowest BCUT2D eigenvalue weighted by atomic mass is 10.0. The Morgan fingerprint density at radius 3 is 2.61 bits per heavy atom. The first-order chi connectivity index (χ1) is 17.3. The molecule has 1 unspecified atom stereocenters. The highest BCUT2D eigenvalue weighted by atomic mass is 16.5. The maximum atomic E-state index is 13.2. The Bertz CT molecular complexity index is 1220. The first-order valence-corrected chi connectivity index (χ1v) is 11.2. The number of hydrogen-bond acceptors (Lipinski definition) is 6. The maximum Gasteiger partial charge on any atom is 0.255 e. The quantitative estimate of drug-likeness (QED) is 0.652. The van der Waals surface area contributed by atoms with Crippen LogP contribution in [0.1, 0.15) is 44.0 Å². The van der Waals surface area contributed by atoms with Crippen LogP contribution in [0, 0.1) is 0 Å². The van der Waals surface area contributed by atoms with Crippen molar-refractivity contribution in [2.75, 3.05) is 31.6 Å². The molecule has 0 radical (unpaired) electrons. The van der Waals surface area contributed by atoms with Gasteiger partial charge in [-0.15, -0.1) is 0 Å². The van der Waals surface area contributed by atoms with Crippen molar-refractivity contribution in [1.82, 2.24) is 15.1 Å². The van der Waals surface area contributed by atoms with Gasteiger partial charge in [-0.2, -0.15) is 0 Å². The van der Waals surface area contributed by atoms with Gasteiger partial charge in [-0.3, -0.25) is 24.6 Å². The molecule has 5 rings (SSSR count). The van der Waals surface area contributed by atoms with E-state index in [0.717, 1.165) is 38.4 Å². The van der Waals surface area contributed by atoms with Gasteiger partial charge in [-0.1, -0.05) is 30.3 Å². The molecule has 0 aromatic heterocycles. The van der Waals surface area contributed by atoms with Crippen molar-refractivity contribution in [1.29, 1.82) is 0 Å². The zero-order valence-corrected chi connectivity index (χ0v) is 18.3. The van der Waals surface area contributed by atoms with Crippen molar-refractivity contribution >= 4 is 23.4 Å². The highest BCUT2D eigenvalue weighted by molar-refractivity contribution is 6.06. The van der Waals surface area contributed by atoms with E-state index in [4.69, 9.17) is 8.85 Å². The molecule has 1 atom stereocenters. The van der Waals surface area contributed by atoms with Gasteiger partial charge in [0.2, 0.25) is 11.8 Å². The first-order valence-electron chi connectivity index (χ1n) is 12.7. The summed E-state index contributed by atoms with van der Waals surface area (Å²) in [4.78, 5) is 40.8. The molecular formula is C25H28N4O4. The molecule has 2 saturated heterocycles. The van der Waals surface area contributed by atoms with Crippen molar-refractivity contribution < 1.29 is 23.2 Å². The average Bonchev–Trinajstić information content (AvgIpc) is 3.21. The standard InChI is InChI=1S/C25H28N4O4/c30-23-9-8-22(24(31)27-23)29-16-20-19(25(29)32)2-1-3-21(20)26-14-17-4-6-18(7-5-17)15-28-10-12-33-13-11-28/h1-7,22,26H,8-16H2,(H,27,30,31)/i1D,2D,3D. The highest BCUT2D eigenvalue weighted by Crippen LogP contribution is 2.32. The summed E-state index contributed by atoms with van der Waals surface area (Å²) in [7, 11) is 0. The minimum atomic E-state index is -0.822. The van der Waals surface area contributed by atoms with E-state index in [0.29, 0.717) is 17.8 Å². The molecule has 2 N–H and O–H groups in total. The largest absolute Gasteiger partial charge is 0.381 e. The van der Waals surface area contributed by atoms with Gasteiger partial charge in [0.1, 0.15) is 6.04 Å². The Morgan fingerprint density at radius 2 is 1.85 bits per heavy atom. The van der Waals surface area contributed by atoms with Crippen LogP contribution in [-0.2, 0) is 34.0 Å². The van der Waals surface area contributed by atoms with Crippen molar-refractivity contribution in [2.24, 2.45) is 0 Å². The zero-order valence-electron chi connectivity index (χ0n) is 21.3. The van der Waals surface area contributed by atoms with Gasteiger partial charge in [0, 0.05) is 56.0 Å². The monoisotopic (exact) mass is 451 g/mol. The van der Waals surface area contributed by atoms with E-state index in [2.05, 4.69) is 27.7 Å². The predicted octanol–water partition coefficient (Wildman–Crippen LogP) is 1.89. The number of benzene rings is 2. The molecule has 2 aromatic carbocycles. The third-order valence-electron chi connectivity index (χ3n) is 6.37. The predicted molar refractivity (Wildman–Crippen MR) is 122 cm³/mol. The molecule has 2 fully saturated rings. The van der Waals surface area contributed by atoms with Crippen molar-refractivity contribution in [2.45, 2.75) is 38.5 Å². The summed E-state index contributed by atoms with van der Waals surface area (Å²) >= 11 is 0. The topological polar surface area (TPSA) is 91.0 Å². The normalized spacial score (nSPS) is 22.4. The SMILES string of the molecule is [2H]c1c([2H])c(NCc2ccc(CN3CCOCC3)cc2)c2c(c1[2H])C(=O)N(C1CCC(=O)NC1=O)C2. The molecular weight excluding hydrogens is 420 g/mol. The van der Waals surface area contributed by atoms with Crippen LogP contribution in [-0.4, -0.2) is 59.9 Å². The van der Waals surface area contributed by atoms with Crippen LogP contribution in [0.3, 0.4) is 0 Å². The Balaban J connectivity index is 1.33. The molecule has 33 heavy (non-hydrogen) atoms. The number of carbonyl (C=O) groups is 3. The smallest absolute Gasteiger partial charge is 0.255 e. The maximum absolute atomic E-state index is 13.2. The number of anilines is 1. The summed E-state index contributed by atoms with van der Waals surface area (Å²) in [5.41, 5.74) is 2.98. The second-order valence-electron chi connectivity index (χ2n) is 8.56. The van der Waals surface area contributed by atoms with Gasteiger partial charge in [0.25, 0.3) is 5.91 Å². The lowest BCUT2D eigenvalue weighted by Crippen LogP contribution is -2.52. The Kier molecular flexibility index (Phi) is 5.15. The Hall–Kier alpha value is -3.23.